The summed E-state index contributed by atoms with van der Waals surface area (Å²) in [7, 11) is 0. The fraction of sp³-hybridized carbons (Fsp3) is 0.792. The smallest absolute Gasteiger partial charge is 0.407 e. The number of hydrogen-bond acceptors (Lipinski definition) is 5. The van der Waals surface area contributed by atoms with E-state index in [0.29, 0.717) is 43.6 Å². The molecule has 182 valence electrons. The zero-order valence-corrected chi connectivity index (χ0v) is 19.4. The van der Waals surface area contributed by atoms with Gasteiger partial charge in [0.05, 0.1) is 25.4 Å². The Morgan fingerprint density at radius 2 is 1.81 bits per heavy atom. The average molecular weight is 453 g/mol. The van der Waals surface area contributed by atoms with E-state index < -0.39 is 12.1 Å². The number of carbonyl (C=O) groups is 3. The van der Waals surface area contributed by atoms with Crippen molar-refractivity contribution in [2.24, 2.45) is 11.8 Å². The molecule has 0 aromatic heterocycles. The average Bonchev–Trinajstić information content (AvgIpc) is 3.36. The maximum absolute atomic E-state index is 11.7. The second-order valence-electron chi connectivity index (χ2n) is 8.80. The molecule has 2 aliphatic heterocycles. The van der Waals surface area contributed by atoms with Crippen LogP contribution in [0.25, 0.3) is 0 Å². The van der Waals surface area contributed by atoms with Gasteiger partial charge < -0.3 is 25.2 Å². The summed E-state index contributed by atoms with van der Waals surface area (Å²) in [6, 6.07) is 0. The minimum absolute atomic E-state index is 0.0590. The number of nitrogens with one attached hydrogen (secondary N) is 2. The molecule has 32 heavy (non-hydrogen) atoms. The summed E-state index contributed by atoms with van der Waals surface area (Å²) in [5.74, 6) is 0.126. The summed E-state index contributed by atoms with van der Waals surface area (Å²) in [5, 5.41) is 13.9. The largest absolute Gasteiger partial charge is 0.481 e. The number of unbranched alkanes of at least 4 members (excludes halogenated alkanes) is 3. The number of allylic oxidation sites excluding steroid dienone is 2. The van der Waals surface area contributed by atoms with Crippen LogP contribution in [0.15, 0.2) is 12.2 Å². The summed E-state index contributed by atoms with van der Waals surface area (Å²) in [4.78, 5) is 33.9. The van der Waals surface area contributed by atoms with E-state index in [0.717, 1.165) is 57.8 Å². The number of carboxylic acids is 1. The van der Waals surface area contributed by atoms with E-state index in [2.05, 4.69) is 29.7 Å². The molecule has 0 aliphatic carbocycles. The highest BCUT2D eigenvalue weighted by atomic mass is 16.5. The number of hydrogen-bond donors (Lipinski definition) is 3. The highest BCUT2D eigenvalue weighted by Crippen LogP contribution is 2.47. The molecule has 2 saturated heterocycles. The van der Waals surface area contributed by atoms with Gasteiger partial charge in [-0.2, -0.15) is 0 Å². The Bertz CT molecular complexity index is 624. The standard InChI is InChI=1S/C24H40N2O6/c1-2-3-15-25-22(27)17-26-24(30)31-16-9-8-11-19-18(20-13-14-21(19)32-20)10-6-4-5-7-12-23(28)29/h4,6,18-21H,2-3,5,7-17H2,1H3,(H,25,27)(H,26,30)(H,28,29)/b6-4-/t18-,19+,20-,21+/m1/s1. The van der Waals surface area contributed by atoms with Crippen LogP contribution >= 0.6 is 0 Å². The quantitative estimate of drug-likeness (QED) is 0.242. The number of fused-ring (bicyclic) bond motifs is 2. The summed E-state index contributed by atoms with van der Waals surface area (Å²) in [6.07, 6.45) is 14.1. The van der Waals surface area contributed by atoms with Crippen LogP contribution in [0.4, 0.5) is 4.79 Å². The van der Waals surface area contributed by atoms with Gasteiger partial charge in [0.1, 0.15) is 0 Å². The first-order chi connectivity index (χ1) is 15.5. The van der Waals surface area contributed by atoms with Gasteiger partial charge in [-0.05, 0) is 69.6 Å². The first-order valence-electron chi connectivity index (χ1n) is 12.2. The molecule has 0 unspecified atom stereocenters. The summed E-state index contributed by atoms with van der Waals surface area (Å²) < 4.78 is 11.3. The zero-order valence-electron chi connectivity index (χ0n) is 19.4. The molecule has 0 saturated carbocycles. The number of alkyl carbamates (subject to hydrolysis) is 1. The third-order valence-corrected chi connectivity index (χ3v) is 6.34. The van der Waals surface area contributed by atoms with Gasteiger partial charge in [-0.25, -0.2) is 4.79 Å². The molecule has 2 bridgehead atoms. The van der Waals surface area contributed by atoms with E-state index in [1.807, 2.05) is 0 Å². The molecule has 0 radical (unpaired) electrons. The number of ether oxygens (including phenoxy) is 2. The lowest BCUT2D eigenvalue weighted by molar-refractivity contribution is -0.137. The fourth-order valence-electron chi connectivity index (χ4n) is 4.66. The Labute approximate surface area is 191 Å². The third kappa shape index (κ3) is 9.59. The van der Waals surface area contributed by atoms with E-state index in [-0.39, 0.29) is 18.9 Å². The Morgan fingerprint density at radius 3 is 2.56 bits per heavy atom. The van der Waals surface area contributed by atoms with E-state index in [4.69, 9.17) is 14.6 Å². The summed E-state index contributed by atoms with van der Waals surface area (Å²) in [6.45, 7) is 2.96. The molecule has 2 rings (SSSR count). The first-order valence-corrected chi connectivity index (χ1v) is 12.2. The van der Waals surface area contributed by atoms with Crippen molar-refractivity contribution in [3.63, 3.8) is 0 Å². The van der Waals surface area contributed by atoms with Crippen LogP contribution in [0.1, 0.15) is 77.6 Å². The summed E-state index contributed by atoms with van der Waals surface area (Å²) >= 11 is 0. The highest BCUT2D eigenvalue weighted by molar-refractivity contribution is 5.82. The molecule has 0 aromatic carbocycles. The number of amides is 2. The molecule has 0 spiro atoms. The van der Waals surface area contributed by atoms with Crippen LogP contribution in [-0.4, -0.2) is 55.0 Å². The van der Waals surface area contributed by atoms with Crippen molar-refractivity contribution in [2.75, 3.05) is 19.7 Å². The number of carbonyl (C=O) groups excluding carboxylic acids is 2. The minimum Gasteiger partial charge on any atom is -0.481 e. The van der Waals surface area contributed by atoms with Gasteiger partial charge in [0.2, 0.25) is 5.91 Å². The van der Waals surface area contributed by atoms with Gasteiger partial charge in [-0.15, -0.1) is 0 Å². The van der Waals surface area contributed by atoms with Crippen LogP contribution in [0.2, 0.25) is 0 Å². The summed E-state index contributed by atoms with van der Waals surface area (Å²) in [5.41, 5.74) is 0. The molecule has 4 atom stereocenters. The molecular formula is C24H40N2O6. The van der Waals surface area contributed by atoms with Gasteiger partial charge in [0.15, 0.2) is 0 Å². The van der Waals surface area contributed by atoms with Crippen molar-refractivity contribution in [2.45, 2.75) is 89.8 Å². The monoisotopic (exact) mass is 452 g/mol. The molecule has 2 amide bonds. The Kier molecular flexibility index (Phi) is 12.2. The van der Waals surface area contributed by atoms with Crippen molar-refractivity contribution < 1.29 is 29.0 Å². The molecule has 2 heterocycles. The molecule has 8 heteroatoms. The van der Waals surface area contributed by atoms with Crippen molar-refractivity contribution in [3.8, 4) is 0 Å². The Hall–Kier alpha value is -2.09. The van der Waals surface area contributed by atoms with Gasteiger partial charge in [-0.1, -0.05) is 25.5 Å². The third-order valence-electron chi connectivity index (χ3n) is 6.34. The van der Waals surface area contributed by atoms with Crippen molar-refractivity contribution in [3.05, 3.63) is 12.2 Å². The first kappa shape index (κ1) is 26.2. The second-order valence-corrected chi connectivity index (χ2v) is 8.80. The van der Waals surface area contributed by atoms with Crippen molar-refractivity contribution >= 4 is 18.0 Å². The van der Waals surface area contributed by atoms with E-state index >= 15 is 0 Å². The highest BCUT2D eigenvalue weighted by Gasteiger charge is 2.47. The normalized spacial score (nSPS) is 24.0. The number of carboxylic acid groups (broad SMARTS) is 1. The van der Waals surface area contributed by atoms with Crippen LogP contribution < -0.4 is 10.6 Å². The molecule has 2 aliphatic rings. The lowest BCUT2D eigenvalue weighted by Crippen LogP contribution is -2.37. The minimum atomic E-state index is -0.741. The number of rotatable bonds is 16. The van der Waals surface area contributed by atoms with E-state index in [1.165, 1.54) is 0 Å². The van der Waals surface area contributed by atoms with Gasteiger partial charge in [0.25, 0.3) is 0 Å². The molecular weight excluding hydrogens is 412 g/mol. The van der Waals surface area contributed by atoms with Crippen LogP contribution in [0.5, 0.6) is 0 Å². The molecule has 0 aromatic rings. The predicted octanol–water partition coefficient (Wildman–Crippen LogP) is 3.79. The van der Waals surface area contributed by atoms with Gasteiger partial charge in [-0.3, -0.25) is 9.59 Å². The zero-order chi connectivity index (χ0) is 23.2. The Balaban J connectivity index is 1.57. The molecule has 2 fully saturated rings. The predicted molar refractivity (Wildman–Crippen MR) is 121 cm³/mol. The SMILES string of the molecule is CCCCNC(=O)CNC(=O)OCCCC[C@H]1[C@@H](C/C=C\CCCC(=O)O)[C@H]2CC[C@@H]1O2. The molecule has 8 nitrogen and oxygen atoms in total. The van der Waals surface area contributed by atoms with Crippen molar-refractivity contribution in [1.82, 2.24) is 10.6 Å². The topological polar surface area (TPSA) is 114 Å². The number of aliphatic carboxylic acids is 1. The second kappa shape index (κ2) is 14.9. The van der Waals surface area contributed by atoms with Crippen LogP contribution in [-0.2, 0) is 19.1 Å². The lowest BCUT2D eigenvalue weighted by Gasteiger charge is -2.27. The van der Waals surface area contributed by atoms with E-state index in [9.17, 15) is 14.4 Å². The van der Waals surface area contributed by atoms with Gasteiger partial charge >= 0.3 is 12.1 Å². The van der Waals surface area contributed by atoms with Gasteiger partial charge in [0, 0.05) is 13.0 Å². The maximum Gasteiger partial charge on any atom is 0.407 e. The van der Waals surface area contributed by atoms with Crippen molar-refractivity contribution in [1.29, 1.82) is 0 Å². The Morgan fingerprint density at radius 1 is 1.03 bits per heavy atom. The van der Waals surface area contributed by atoms with E-state index in [1.54, 1.807) is 0 Å². The fourth-order valence-corrected chi connectivity index (χ4v) is 4.66. The van der Waals surface area contributed by atoms with Crippen LogP contribution in [0.3, 0.4) is 0 Å². The maximum atomic E-state index is 11.7. The van der Waals surface area contributed by atoms with Crippen LogP contribution in [0, 0.1) is 11.8 Å². The lowest BCUT2D eigenvalue weighted by atomic mass is 9.75. The molecule has 3 N–H and O–H groups in total.